The van der Waals surface area contributed by atoms with Gasteiger partial charge in [-0.15, -0.1) is 0 Å². The van der Waals surface area contributed by atoms with Gasteiger partial charge in [-0.25, -0.2) is 0 Å². The Balaban J connectivity index is 1.78. The second-order valence-corrected chi connectivity index (χ2v) is 4.54. The van der Waals surface area contributed by atoms with E-state index in [0.29, 0.717) is 6.42 Å². The molecule has 17 heavy (non-hydrogen) atoms. The van der Waals surface area contributed by atoms with E-state index in [-0.39, 0.29) is 5.91 Å². The summed E-state index contributed by atoms with van der Waals surface area (Å²) in [6.07, 6.45) is 4.97. The van der Waals surface area contributed by atoms with Gasteiger partial charge in [0, 0.05) is 45.0 Å². The molecule has 92 valence electrons. The number of nitrogens with zero attached hydrogens (tertiary/aromatic N) is 3. The number of hydrogen-bond donors (Lipinski definition) is 0. The average Bonchev–Trinajstić information content (AvgIpc) is 2.38. The predicted molar refractivity (Wildman–Crippen MR) is 66.6 cm³/mol. The minimum atomic E-state index is 0.273. The van der Waals surface area contributed by atoms with Gasteiger partial charge in [-0.05, 0) is 31.2 Å². The third kappa shape index (κ3) is 3.53. The minimum Gasteiger partial charge on any atom is -0.340 e. The van der Waals surface area contributed by atoms with Crippen molar-refractivity contribution in [2.45, 2.75) is 12.8 Å². The lowest BCUT2D eigenvalue weighted by molar-refractivity contribution is -0.132. The second-order valence-electron chi connectivity index (χ2n) is 4.54. The molecular formula is C13H19N3O. The molecule has 0 N–H and O–H groups in total. The number of aryl methyl sites for hydroxylation is 1. The van der Waals surface area contributed by atoms with Crippen molar-refractivity contribution >= 4 is 5.91 Å². The van der Waals surface area contributed by atoms with Crippen LogP contribution >= 0.6 is 0 Å². The van der Waals surface area contributed by atoms with E-state index in [1.54, 1.807) is 12.4 Å². The summed E-state index contributed by atoms with van der Waals surface area (Å²) < 4.78 is 0. The van der Waals surface area contributed by atoms with Crippen LogP contribution in [0.5, 0.6) is 0 Å². The molecule has 1 aromatic rings. The Morgan fingerprint density at radius 3 is 2.53 bits per heavy atom. The van der Waals surface area contributed by atoms with Crippen LogP contribution < -0.4 is 0 Å². The van der Waals surface area contributed by atoms with E-state index in [4.69, 9.17) is 0 Å². The molecule has 1 fully saturated rings. The molecule has 1 aromatic heterocycles. The summed E-state index contributed by atoms with van der Waals surface area (Å²) in [5.74, 6) is 0.273. The van der Waals surface area contributed by atoms with E-state index in [9.17, 15) is 4.79 Å². The van der Waals surface area contributed by atoms with Crippen LogP contribution in [0.4, 0.5) is 0 Å². The topological polar surface area (TPSA) is 36.4 Å². The van der Waals surface area contributed by atoms with Crippen molar-refractivity contribution < 1.29 is 4.79 Å². The van der Waals surface area contributed by atoms with Gasteiger partial charge in [0.15, 0.2) is 0 Å². The fourth-order valence-electron chi connectivity index (χ4n) is 2.01. The summed E-state index contributed by atoms with van der Waals surface area (Å²) in [5.41, 5.74) is 1.18. The number of carbonyl (C=O) groups excluding carboxylic acids is 1. The summed E-state index contributed by atoms with van der Waals surface area (Å²) in [7, 11) is 2.10. The molecule has 1 aliphatic rings. The Kier molecular flexibility index (Phi) is 4.09. The van der Waals surface area contributed by atoms with Crippen molar-refractivity contribution in [3.63, 3.8) is 0 Å². The number of hydrogen-bond acceptors (Lipinski definition) is 3. The van der Waals surface area contributed by atoms with Gasteiger partial charge >= 0.3 is 0 Å². The van der Waals surface area contributed by atoms with E-state index < -0.39 is 0 Å². The van der Waals surface area contributed by atoms with Crippen molar-refractivity contribution in [2.75, 3.05) is 33.2 Å². The van der Waals surface area contributed by atoms with E-state index >= 15 is 0 Å². The molecule has 4 heteroatoms. The lowest BCUT2D eigenvalue weighted by atomic mass is 10.1. The zero-order valence-electron chi connectivity index (χ0n) is 10.3. The smallest absolute Gasteiger partial charge is 0.222 e. The summed E-state index contributed by atoms with van der Waals surface area (Å²) in [6.45, 7) is 3.71. The van der Waals surface area contributed by atoms with E-state index in [1.165, 1.54) is 5.56 Å². The molecular weight excluding hydrogens is 214 g/mol. The van der Waals surface area contributed by atoms with Gasteiger partial charge in [0.05, 0.1) is 0 Å². The monoisotopic (exact) mass is 233 g/mol. The summed E-state index contributed by atoms with van der Waals surface area (Å²) in [5, 5.41) is 0. The van der Waals surface area contributed by atoms with Gasteiger partial charge in [0.1, 0.15) is 0 Å². The first-order valence-electron chi connectivity index (χ1n) is 6.11. The van der Waals surface area contributed by atoms with Crippen molar-refractivity contribution in [2.24, 2.45) is 0 Å². The standard InChI is InChI=1S/C13H19N3O/c1-15-8-10-16(11-9-15)13(17)3-2-12-4-6-14-7-5-12/h4-7H,2-3,8-11H2,1H3. The molecule has 0 radical (unpaired) electrons. The van der Waals surface area contributed by atoms with Crippen molar-refractivity contribution in [3.8, 4) is 0 Å². The number of likely N-dealkylation sites (N-methyl/N-ethyl adjacent to an activating group) is 1. The molecule has 1 amide bonds. The SMILES string of the molecule is CN1CCN(C(=O)CCc2ccncc2)CC1. The summed E-state index contributed by atoms with van der Waals surface area (Å²) in [6, 6.07) is 3.94. The van der Waals surface area contributed by atoms with Crippen LogP contribution in [0.1, 0.15) is 12.0 Å². The first-order valence-corrected chi connectivity index (χ1v) is 6.11. The van der Waals surface area contributed by atoms with Crippen molar-refractivity contribution in [1.29, 1.82) is 0 Å². The van der Waals surface area contributed by atoms with Gasteiger partial charge in [-0.3, -0.25) is 9.78 Å². The Morgan fingerprint density at radius 2 is 1.88 bits per heavy atom. The molecule has 2 rings (SSSR count). The Labute approximate surface area is 102 Å². The van der Waals surface area contributed by atoms with Crippen LogP contribution in [0.15, 0.2) is 24.5 Å². The molecule has 0 saturated carbocycles. The first kappa shape index (κ1) is 12.0. The van der Waals surface area contributed by atoms with E-state index in [0.717, 1.165) is 32.6 Å². The highest BCUT2D eigenvalue weighted by Crippen LogP contribution is 2.06. The highest BCUT2D eigenvalue weighted by molar-refractivity contribution is 5.76. The predicted octanol–water partition coefficient (Wildman–Crippen LogP) is 0.788. The molecule has 0 aliphatic carbocycles. The molecule has 0 atom stereocenters. The molecule has 0 aromatic carbocycles. The molecule has 4 nitrogen and oxygen atoms in total. The quantitative estimate of drug-likeness (QED) is 0.774. The summed E-state index contributed by atoms with van der Waals surface area (Å²) >= 11 is 0. The first-order chi connectivity index (χ1) is 8.25. The Morgan fingerprint density at radius 1 is 1.24 bits per heavy atom. The van der Waals surface area contributed by atoms with Gasteiger partial charge in [-0.2, -0.15) is 0 Å². The van der Waals surface area contributed by atoms with Crippen LogP contribution in [0.2, 0.25) is 0 Å². The van der Waals surface area contributed by atoms with E-state index in [2.05, 4.69) is 16.9 Å². The van der Waals surface area contributed by atoms with Gasteiger partial charge in [0.25, 0.3) is 0 Å². The number of piperazine rings is 1. The number of aromatic nitrogens is 1. The van der Waals surface area contributed by atoms with Crippen LogP contribution in [-0.4, -0.2) is 53.9 Å². The van der Waals surface area contributed by atoms with Crippen LogP contribution in [0.25, 0.3) is 0 Å². The third-order valence-corrected chi connectivity index (χ3v) is 3.23. The highest BCUT2D eigenvalue weighted by Gasteiger charge is 2.18. The average molecular weight is 233 g/mol. The molecule has 0 spiro atoms. The van der Waals surface area contributed by atoms with Crippen LogP contribution in [0.3, 0.4) is 0 Å². The molecule has 0 unspecified atom stereocenters. The second kappa shape index (κ2) is 5.77. The largest absolute Gasteiger partial charge is 0.340 e. The molecule has 2 heterocycles. The zero-order valence-corrected chi connectivity index (χ0v) is 10.3. The molecule has 1 aliphatic heterocycles. The van der Waals surface area contributed by atoms with Gasteiger partial charge < -0.3 is 9.80 Å². The van der Waals surface area contributed by atoms with Crippen LogP contribution in [-0.2, 0) is 11.2 Å². The fraction of sp³-hybridized carbons (Fsp3) is 0.538. The van der Waals surface area contributed by atoms with Crippen molar-refractivity contribution in [1.82, 2.24) is 14.8 Å². The minimum absolute atomic E-state index is 0.273. The van der Waals surface area contributed by atoms with E-state index in [1.807, 2.05) is 17.0 Å². The number of carbonyl (C=O) groups is 1. The Bertz CT molecular complexity index is 358. The lowest BCUT2D eigenvalue weighted by Crippen LogP contribution is -2.47. The van der Waals surface area contributed by atoms with Crippen molar-refractivity contribution in [3.05, 3.63) is 30.1 Å². The zero-order chi connectivity index (χ0) is 12.1. The van der Waals surface area contributed by atoms with Gasteiger partial charge in [-0.1, -0.05) is 0 Å². The normalized spacial score (nSPS) is 17.1. The maximum absolute atomic E-state index is 12.0. The maximum atomic E-state index is 12.0. The molecule has 1 saturated heterocycles. The highest BCUT2D eigenvalue weighted by atomic mass is 16.2. The Hall–Kier alpha value is -1.42. The number of rotatable bonds is 3. The lowest BCUT2D eigenvalue weighted by Gasteiger charge is -2.32. The molecule has 0 bridgehead atoms. The third-order valence-electron chi connectivity index (χ3n) is 3.23. The number of pyridine rings is 1. The maximum Gasteiger partial charge on any atom is 0.222 e. The van der Waals surface area contributed by atoms with Gasteiger partial charge in [0.2, 0.25) is 5.91 Å². The van der Waals surface area contributed by atoms with Crippen LogP contribution in [0, 0.1) is 0 Å². The number of amides is 1. The summed E-state index contributed by atoms with van der Waals surface area (Å²) in [4.78, 5) is 20.2. The fourth-order valence-corrected chi connectivity index (χ4v) is 2.01.